The third-order valence-corrected chi connectivity index (χ3v) is 5.34. The SMILES string of the molecule is CCNC1CC2(CCCCC2OC)Oc2ccc(Br)cc21. The third-order valence-electron chi connectivity index (χ3n) is 4.85. The molecule has 1 aromatic carbocycles. The minimum absolute atomic E-state index is 0.166. The summed E-state index contributed by atoms with van der Waals surface area (Å²) >= 11 is 3.57. The second-order valence-electron chi connectivity index (χ2n) is 6.13. The zero-order valence-electron chi connectivity index (χ0n) is 12.8. The molecule has 3 rings (SSSR count). The molecule has 116 valence electrons. The van der Waals surface area contributed by atoms with E-state index in [4.69, 9.17) is 9.47 Å². The van der Waals surface area contributed by atoms with Gasteiger partial charge in [0, 0.05) is 29.6 Å². The van der Waals surface area contributed by atoms with Crippen LogP contribution in [0.15, 0.2) is 22.7 Å². The highest BCUT2D eigenvalue weighted by Gasteiger charge is 2.48. The average molecular weight is 354 g/mol. The van der Waals surface area contributed by atoms with Gasteiger partial charge in [0.05, 0.1) is 6.10 Å². The first-order chi connectivity index (χ1) is 10.2. The van der Waals surface area contributed by atoms with Crippen LogP contribution in [0, 0.1) is 0 Å². The van der Waals surface area contributed by atoms with Gasteiger partial charge in [0.25, 0.3) is 0 Å². The van der Waals surface area contributed by atoms with Gasteiger partial charge < -0.3 is 14.8 Å². The Balaban J connectivity index is 1.98. The van der Waals surface area contributed by atoms with Crippen molar-refractivity contribution in [2.75, 3.05) is 13.7 Å². The van der Waals surface area contributed by atoms with Gasteiger partial charge in [-0.25, -0.2) is 0 Å². The summed E-state index contributed by atoms with van der Waals surface area (Å²) in [4.78, 5) is 0. The Morgan fingerprint density at radius 1 is 1.43 bits per heavy atom. The minimum atomic E-state index is -0.166. The molecule has 1 heterocycles. The molecule has 0 radical (unpaired) electrons. The third kappa shape index (κ3) is 2.86. The molecule has 3 atom stereocenters. The van der Waals surface area contributed by atoms with Crippen LogP contribution < -0.4 is 10.1 Å². The van der Waals surface area contributed by atoms with E-state index in [9.17, 15) is 0 Å². The van der Waals surface area contributed by atoms with Gasteiger partial charge in [0.15, 0.2) is 0 Å². The van der Waals surface area contributed by atoms with E-state index < -0.39 is 0 Å². The van der Waals surface area contributed by atoms with Gasteiger partial charge in [-0.15, -0.1) is 0 Å². The van der Waals surface area contributed by atoms with Crippen LogP contribution in [0.5, 0.6) is 5.75 Å². The number of methoxy groups -OCH3 is 1. The van der Waals surface area contributed by atoms with Crippen LogP contribution in [0.25, 0.3) is 0 Å². The lowest BCUT2D eigenvalue weighted by molar-refractivity contribution is -0.116. The van der Waals surface area contributed by atoms with Crippen molar-refractivity contribution in [1.29, 1.82) is 0 Å². The number of rotatable bonds is 3. The molecule has 1 fully saturated rings. The number of ether oxygens (including phenoxy) is 2. The van der Waals surface area contributed by atoms with Crippen molar-refractivity contribution in [2.45, 2.75) is 56.8 Å². The maximum atomic E-state index is 6.51. The summed E-state index contributed by atoms with van der Waals surface area (Å²) in [5.41, 5.74) is 1.10. The lowest BCUT2D eigenvalue weighted by Gasteiger charge is -2.48. The quantitative estimate of drug-likeness (QED) is 0.882. The van der Waals surface area contributed by atoms with E-state index in [1.807, 2.05) is 7.11 Å². The van der Waals surface area contributed by atoms with Crippen molar-refractivity contribution in [2.24, 2.45) is 0 Å². The Hall–Kier alpha value is -0.580. The molecule has 1 saturated carbocycles. The number of benzene rings is 1. The molecule has 0 bridgehead atoms. The number of fused-ring (bicyclic) bond motifs is 1. The number of halogens is 1. The smallest absolute Gasteiger partial charge is 0.137 e. The van der Waals surface area contributed by atoms with Gasteiger partial charge in [0.2, 0.25) is 0 Å². The van der Waals surface area contributed by atoms with Crippen LogP contribution in [0.4, 0.5) is 0 Å². The van der Waals surface area contributed by atoms with E-state index in [-0.39, 0.29) is 11.7 Å². The normalized spacial score (nSPS) is 31.8. The zero-order valence-corrected chi connectivity index (χ0v) is 14.4. The van der Waals surface area contributed by atoms with Crippen LogP contribution in [-0.2, 0) is 4.74 Å². The van der Waals surface area contributed by atoms with Gasteiger partial charge in [-0.05, 0) is 44.0 Å². The molecule has 1 aromatic rings. The Bertz CT molecular complexity index is 508. The Morgan fingerprint density at radius 3 is 3.05 bits per heavy atom. The fourth-order valence-corrected chi connectivity index (χ4v) is 4.27. The fourth-order valence-electron chi connectivity index (χ4n) is 3.89. The van der Waals surface area contributed by atoms with Gasteiger partial charge in [0.1, 0.15) is 11.4 Å². The molecule has 2 aliphatic rings. The second kappa shape index (κ2) is 6.27. The highest BCUT2D eigenvalue weighted by Crippen LogP contribution is 2.47. The first kappa shape index (κ1) is 15.3. The Morgan fingerprint density at radius 2 is 2.29 bits per heavy atom. The molecule has 0 amide bonds. The maximum Gasteiger partial charge on any atom is 0.137 e. The maximum absolute atomic E-state index is 6.51. The Labute approximate surface area is 135 Å². The molecule has 1 aliphatic carbocycles. The number of hydrogen-bond acceptors (Lipinski definition) is 3. The lowest BCUT2D eigenvalue weighted by Crippen LogP contribution is -2.54. The topological polar surface area (TPSA) is 30.5 Å². The van der Waals surface area contributed by atoms with Gasteiger partial charge in [-0.1, -0.05) is 29.3 Å². The zero-order chi connectivity index (χ0) is 14.9. The predicted octanol–water partition coefficient (Wildman–Crippen LogP) is 4.21. The van der Waals surface area contributed by atoms with Crippen molar-refractivity contribution < 1.29 is 9.47 Å². The molecule has 3 nitrogen and oxygen atoms in total. The lowest BCUT2D eigenvalue weighted by atomic mass is 9.75. The molecule has 1 N–H and O–H groups in total. The van der Waals surface area contributed by atoms with E-state index in [2.05, 4.69) is 46.4 Å². The van der Waals surface area contributed by atoms with E-state index in [1.165, 1.54) is 18.4 Å². The monoisotopic (exact) mass is 353 g/mol. The van der Waals surface area contributed by atoms with Crippen molar-refractivity contribution in [3.8, 4) is 5.75 Å². The molecule has 0 saturated heterocycles. The van der Waals surface area contributed by atoms with Crippen molar-refractivity contribution in [1.82, 2.24) is 5.32 Å². The molecular formula is C17H24BrNO2. The average Bonchev–Trinajstić information content (AvgIpc) is 2.49. The largest absolute Gasteiger partial charge is 0.484 e. The first-order valence-corrected chi connectivity index (χ1v) is 8.72. The van der Waals surface area contributed by atoms with E-state index in [0.29, 0.717) is 6.04 Å². The predicted molar refractivity (Wildman–Crippen MR) is 87.8 cm³/mol. The number of nitrogens with one attached hydrogen (secondary N) is 1. The van der Waals surface area contributed by atoms with Gasteiger partial charge in [-0.2, -0.15) is 0 Å². The molecule has 1 aliphatic heterocycles. The van der Waals surface area contributed by atoms with Crippen molar-refractivity contribution in [3.05, 3.63) is 28.2 Å². The summed E-state index contributed by atoms with van der Waals surface area (Å²) in [6.07, 6.45) is 5.84. The van der Waals surface area contributed by atoms with Gasteiger partial charge >= 0.3 is 0 Å². The van der Waals surface area contributed by atoms with Crippen LogP contribution in [0.2, 0.25) is 0 Å². The van der Waals surface area contributed by atoms with Crippen LogP contribution in [-0.4, -0.2) is 25.4 Å². The first-order valence-electron chi connectivity index (χ1n) is 7.93. The summed E-state index contributed by atoms with van der Waals surface area (Å²) in [5.74, 6) is 1.01. The van der Waals surface area contributed by atoms with Crippen molar-refractivity contribution in [3.63, 3.8) is 0 Å². The number of hydrogen-bond donors (Lipinski definition) is 1. The summed E-state index contributed by atoms with van der Waals surface area (Å²) in [5, 5.41) is 3.63. The molecule has 4 heteroatoms. The van der Waals surface area contributed by atoms with E-state index >= 15 is 0 Å². The fraction of sp³-hybridized carbons (Fsp3) is 0.647. The minimum Gasteiger partial charge on any atom is -0.484 e. The molecule has 1 spiro atoms. The van der Waals surface area contributed by atoms with Crippen LogP contribution in [0.1, 0.15) is 50.6 Å². The molecule has 21 heavy (non-hydrogen) atoms. The Kier molecular flexibility index (Phi) is 4.57. The second-order valence-corrected chi connectivity index (χ2v) is 7.05. The van der Waals surface area contributed by atoms with E-state index in [1.54, 1.807) is 0 Å². The van der Waals surface area contributed by atoms with E-state index in [0.717, 1.165) is 36.0 Å². The highest BCUT2D eigenvalue weighted by molar-refractivity contribution is 9.10. The molecule has 0 aromatic heterocycles. The summed E-state index contributed by atoms with van der Waals surface area (Å²) < 4.78 is 13.4. The van der Waals surface area contributed by atoms with Crippen LogP contribution in [0.3, 0.4) is 0 Å². The summed E-state index contributed by atoms with van der Waals surface area (Å²) in [7, 11) is 1.82. The van der Waals surface area contributed by atoms with Crippen LogP contribution >= 0.6 is 15.9 Å². The summed E-state index contributed by atoms with van der Waals surface area (Å²) in [6, 6.07) is 6.67. The molecule has 3 unspecified atom stereocenters. The molecular weight excluding hydrogens is 330 g/mol. The standard InChI is InChI=1S/C17H24BrNO2/c1-3-19-14-11-17(9-5-4-6-16(17)20-2)21-15-8-7-12(18)10-13(14)15/h7-8,10,14,16,19H,3-6,9,11H2,1-2H3. The highest BCUT2D eigenvalue weighted by atomic mass is 79.9. The van der Waals surface area contributed by atoms with Gasteiger partial charge in [-0.3, -0.25) is 0 Å². The van der Waals surface area contributed by atoms with Crippen molar-refractivity contribution >= 4 is 15.9 Å². The summed E-state index contributed by atoms with van der Waals surface area (Å²) in [6.45, 7) is 3.12.